The Morgan fingerprint density at radius 1 is 0.773 bits per heavy atom. The first-order valence-electron chi connectivity index (χ1n) is 16.0. The Bertz CT molecular complexity index is 1320. The van der Waals surface area contributed by atoms with Gasteiger partial charge in [-0.2, -0.15) is 47.5 Å². The van der Waals surface area contributed by atoms with Crippen LogP contribution in [0, 0.1) is 12.0 Å². The Labute approximate surface area is 296 Å². The second-order valence-corrected chi connectivity index (χ2v) is 16.0. The molecule has 4 aromatic rings. The van der Waals surface area contributed by atoms with Gasteiger partial charge in [-0.1, -0.05) is 76.3 Å². The molecule has 1 fully saturated rings. The van der Waals surface area contributed by atoms with Gasteiger partial charge in [-0.05, 0) is 17.4 Å². The van der Waals surface area contributed by atoms with Crippen molar-refractivity contribution in [1.29, 1.82) is 0 Å². The zero-order valence-corrected chi connectivity index (χ0v) is 31.6. The number of hydrogen-bond donors (Lipinski definition) is 0. The second-order valence-electron chi connectivity index (χ2n) is 14.3. The van der Waals surface area contributed by atoms with Gasteiger partial charge in [0.05, 0.1) is 0 Å². The molecule has 0 radical (unpaired) electrons. The molecule has 4 aromatic carbocycles. The molecule has 2 aliphatic carbocycles. The van der Waals surface area contributed by atoms with Crippen LogP contribution in [-0.2, 0) is 47.9 Å². The van der Waals surface area contributed by atoms with Crippen molar-refractivity contribution in [2.24, 2.45) is 5.92 Å². The van der Waals surface area contributed by atoms with Crippen molar-refractivity contribution in [3.05, 3.63) is 125 Å². The van der Waals surface area contributed by atoms with E-state index >= 15 is 0 Å². The SMILES string of the molecule is CC(C)(C)c1c[c-]c2c(c1)-c1cc(C(C)(C)C)ccc1C2.[Cl-].[Cl-].[Zr+2]=[C](Cc1ccccc1)CC1CCCCC1.c1cc[cH-]c1. The summed E-state index contributed by atoms with van der Waals surface area (Å²) < 4.78 is 1.75. The molecule has 3 heteroatoms. The summed E-state index contributed by atoms with van der Waals surface area (Å²) in [4.78, 5) is 0. The average molecular weight is 705 g/mol. The maximum Gasteiger partial charge on any atom is -0.172 e. The van der Waals surface area contributed by atoms with E-state index in [2.05, 4.69) is 108 Å². The molecule has 44 heavy (non-hydrogen) atoms. The molecule has 0 nitrogen and oxygen atoms in total. The molecule has 0 atom stereocenters. The minimum Gasteiger partial charge on any atom is -0.214 e. The summed E-state index contributed by atoms with van der Waals surface area (Å²) in [6.45, 7) is 13.6. The van der Waals surface area contributed by atoms with Crippen LogP contribution in [0.15, 0.2) is 91.0 Å². The maximum absolute atomic E-state index is 3.53. The summed E-state index contributed by atoms with van der Waals surface area (Å²) in [6, 6.07) is 36.0. The summed E-state index contributed by atoms with van der Waals surface area (Å²) >= 11 is 1.65. The van der Waals surface area contributed by atoms with E-state index in [4.69, 9.17) is 0 Å². The normalized spacial score (nSPS) is 13.9. The summed E-state index contributed by atoms with van der Waals surface area (Å²) in [5.74, 6) is 1.01. The maximum atomic E-state index is 3.53. The van der Waals surface area contributed by atoms with Gasteiger partial charge in [0, 0.05) is 0 Å². The van der Waals surface area contributed by atoms with E-state index in [0.29, 0.717) is 0 Å². The molecule has 0 aromatic heterocycles. The Balaban J connectivity index is 0.000000260. The minimum atomic E-state index is 0. The zero-order chi connectivity index (χ0) is 30.2. The van der Waals surface area contributed by atoms with E-state index in [0.717, 1.165) is 12.3 Å². The van der Waals surface area contributed by atoms with Crippen LogP contribution in [0.2, 0.25) is 0 Å². The number of fused-ring (bicyclic) bond motifs is 3. The quantitative estimate of drug-likeness (QED) is 0.232. The molecular weight excluding hydrogens is 655 g/mol. The topological polar surface area (TPSA) is 0 Å². The molecule has 0 amide bonds. The molecule has 234 valence electrons. The van der Waals surface area contributed by atoms with Crippen LogP contribution < -0.4 is 24.8 Å². The van der Waals surface area contributed by atoms with Gasteiger partial charge in [-0.25, -0.2) is 12.1 Å². The smallest absolute Gasteiger partial charge is 0.172 e. The molecule has 0 heterocycles. The van der Waals surface area contributed by atoms with Crippen LogP contribution in [-0.4, -0.2) is 3.21 Å². The summed E-state index contributed by atoms with van der Waals surface area (Å²) in [5.41, 5.74) is 10.3. The van der Waals surface area contributed by atoms with Gasteiger partial charge in [0.25, 0.3) is 0 Å². The van der Waals surface area contributed by atoms with Gasteiger partial charge in [0.1, 0.15) is 0 Å². The third kappa shape index (κ3) is 11.6. The van der Waals surface area contributed by atoms with Crippen molar-refractivity contribution < 1.29 is 49.0 Å². The summed E-state index contributed by atoms with van der Waals surface area (Å²) in [5, 5.41) is 0. The monoisotopic (exact) mass is 702 g/mol. The molecular formula is C41H50Cl2Zr-2. The first-order valence-corrected chi connectivity index (χ1v) is 17.2. The molecule has 0 spiro atoms. The Hall–Kier alpha value is -1.66. The number of benzene rings is 3. The first-order chi connectivity index (χ1) is 20.0. The third-order valence-corrected chi connectivity index (χ3v) is 9.54. The van der Waals surface area contributed by atoms with E-state index < -0.39 is 0 Å². The Morgan fingerprint density at radius 3 is 1.95 bits per heavy atom. The number of rotatable bonds is 4. The summed E-state index contributed by atoms with van der Waals surface area (Å²) in [6.07, 6.45) is 11.0. The molecule has 1 saturated carbocycles. The van der Waals surface area contributed by atoms with Crippen molar-refractivity contribution in [2.75, 3.05) is 0 Å². The van der Waals surface area contributed by atoms with Crippen LogP contribution in [0.1, 0.15) is 108 Å². The van der Waals surface area contributed by atoms with Gasteiger partial charge in [0.15, 0.2) is 0 Å². The fourth-order valence-electron chi connectivity index (χ4n) is 5.96. The second kappa shape index (κ2) is 17.9. The van der Waals surface area contributed by atoms with Crippen molar-refractivity contribution in [3.8, 4) is 11.1 Å². The standard InChI is InChI=1S/C21H25.C15H20.C5H5.2ClH.Zr/c1-20(2,3)16-9-7-14-11-15-8-10-17(21(4,5)6)13-19(15)18(14)12-16;1-3-8-14(9-4-1)12-7-13-15-10-5-2-6-11-15;1-2-4-5-3-1;;;/h7,9-10,12-13H,11H2,1-6H3;1,3-4,8-9,15H,2,5-6,10-13H2;1-5H;2*1H;/q-1;;-1;;;+2/p-2. The van der Waals surface area contributed by atoms with Gasteiger partial charge in [0.2, 0.25) is 0 Å². The van der Waals surface area contributed by atoms with Gasteiger partial charge < -0.3 is 24.8 Å². The van der Waals surface area contributed by atoms with E-state index in [1.165, 1.54) is 83.9 Å². The van der Waals surface area contributed by atoms with Crippen LogP contribution in [0.25, 0.3) is 11.1 Å². The van der Waals surface area contributed by atoms with Gasteiger partial charge in [-0.3, -0.25) is 0 Å². The van der Waals surface area contributed by atoms with Crippen molar-refractivity contribution in [2.45, 2.75) is 104 Å². The van der Waals surface area contributed by atoms with Crippen LogP contribution in [0.5, 0.6) is 0 Å². The Kier molecular flexibility index (Phi) is 15.7. The molecule has 0 saturated heterocycles. The largest absolute Gasteiger partial charge is 0.214 e. The minimum absolute atomic E-state index is 0. The average Bonchev–Trinajstić information content (AvgIpc) is 3.65. The van der Waals surface area contributed by atoms with Crippen LogP contribution in [0.4, 0.5) is 0 Å². The van der Waals surface area contributed by atoms with Crippen molar-refractivity contribution >= 4 is 3.21 Å². The van der Waals surface area contributed by atoms with Crippen molar-refractivity contribution in [1.82, 2.24) is 0 Å². The fourth-order valence-corrected chi connectivity index (χ4v) is 7.17. The fraction of sp³-hybridized carbons (Fsp3) is 0.415. The number of halogens is 2. The van der Waals surface area contributed by atoms with Gasteiger partial charge in [-0.15, -0.1) is 5.56 Å². The molecule has 6 rings (SSSR count). The van der Waals surface area contributed by atoms with E-state index in [1.807, 2.05) is 30.3 Å². The number of hydrogen-bond acceptors (Lipinski definition) is 0. The Morgan fingerprint density at radius 2 is 1.39 bits per heavy atom. The first kappa shape index (κ1) is 38.5. The summed E-state index contributed by atoms with van der Waals surface area (Å²) in [7, 11) is 0. The van der Waals surface area contributed by atoms with Crippen molar-refractivity contribution in [3.63, 3.8) is 0 Å². The third-order valence-electron chi connectivity index (χ3n) is 8.60. The molecule has 2 aliphatic rings. The molecule has 0 unspecified atom stereocenters. The van der Waals surface area contributed by atoms with Crippen LogP contribution >= 0.6 is 0 Å². The van der Waals surface area contributed by atoms with E-state index in [9.17, 15) is 0 Å². The van der Waals surface area contributed by atoms with E-state index in [-0.39, 0.29) is 35.6 Å². The molecule has 0 aliphatic heterocycles. The van der Waals surface area contributed by atoms with Gasteiger partial charge >= 0.3 is 114 Å². The van der Waals surface area contributed by atoms with Crippen LogP contribution in [0.3, 0.4) is 0 Å². The zero-order valence-electron chi connectivity index (χ0n) is 27.7. The molecule has 0 N–H and O–H groups in total. The predicted molar refractivity (Wildman–Crippen MR) is 179 cm³/mol. The van der Waals surface area contributed by atoms with E-state index in [1.54, 1.807) is 27.4 Å². The predicted octanol–water partition coefficient (Wildman–Crippen LogP) is 4.99. The molecule has 0 bridgehead atoms.